The maximum atomic E-state index is 13.7. The van der Waals surface area contributed by atoms with Crippen molar-refractivity contribution in [2.45, 2.75) is 68.2 Å². The van der Waals surface area contributed by atoms with Crippen LogP contribution in [0, 0.1) is 17.3 Å². The van der Waals surface area contributed by atoms with E-state index >= 15 is 0 Å². The van der Waals surface area contributed by atoms with Gasteiger partial charge in [0.2, 0.25) is 6.86 Å². The molecule has 47 heavy (non-hydrogen) atoms. The fourth-order valence-electron chi connectivity index (χ4n) is 7.04. The van der Waals surface area contributed by atoms with E-state index in [0.29, 0.717) is 28.0 Å². The van der Waals surface area contributed by atoms with Crippen molar-refractivity contribution in [1.82, 2.24) is 9.47 Å². The van der Waals surface area contributed by atoms with E-state index in [2.05, 4.69) is 27.4 Å². The number of nitrogens with one attached hydrogen (secondary N) is 2. The Labute approximate surface area is 272 Å². The van der Waals surface area contributed by atoms with E-state index in [4.69, 9.17) is 9.47 Å². The Morgan fingerprint density at radius 3 is 2.43 bits per heavy atom. The average Bonchev–Trinajstić information content (AvgIpc) is 3.35. The van der Waals surface area contributed by atoms with Crippen LogP contribution in [0.1, 0.15) is 44.2 Å². The van der Waals surface area contributed by atoms with Crippen LogP contribution >= 0.6 is 0 Å². The number of alkyl halides is 4. The summed E-state index contributed by atoms with van der Waals surface area (Å²) >= 11 is 0. The number of hydrogen-bond acceptors (Lipinski definition) is 7. The molecule has 2 aliphatic heterocycles. The number of likely N-dealkylation sites (tertiary alicyclic amines) is 1. The lowest BCUT2D eigenvalue weighted by Gasteiger charge is -2.49. The topological polar surface area (TPSA) is 84.8 Å². The predicted octanol–water partition coefficient (Wildman–Crippen LogP) is 6.21. The quantitative estimate of drug-likeness (QED) is 0.206. The second-order valence-electron chi connectivity index (χ2n) is 13.0. The van der Waals surface area contributed by atoms with Crippen LogP contribution in [0.5, 0.6) is 5.75 Å². The maximum Gasteiger partial charge on any atom is 0.406 e. The Bertz CT molecular complexity index is 1740. The third-order valence-electron chi connectivity index (χ3n) is 9.71. The summed E-state index contributed by atoms with van der Waals surface area (Å²) in [5.74, 6) is 5.71. The lowest BCUT2D eigenvalue weighted by molar-refractivity contribution is -0.143. The third kappa shape index (κ3) is 7.82. The van der Waals surface area contributed by atoms with E-state index < -0.39 is 29.4 Å². The van der Waals surface area contributed by atoms with Gasteiger partial charge in [0.25, 0.3) is 0 Å². The molecule has 13 heteroatoms. The number of rotatable bonds is 9. The number of fused-ring (bicyclic) bond motifs is 1. The molecule has 8 nitrogen and oxygen atoms in total. The monoisotopic (exact) mass is 676 g/mol. The first-order valence-corrected chi connectivity index (χ1v) is 17.9. The standard InChI is InChI=1S/C34H40F4N4O4S/c1-47(43,44)27-11-12-30(32(19-27)46-23-35)39-15-3-4-26-18-28-29(5-2-6-31(28)42(26)20-34(36,37)38)40-24-7-9-25(10-8-24)41-16-13-33(14-17-41)21-45-22-33/h2,5-6,11-12,18-19,24-25,39-40H,7-10,13-17,20-23H2,1H3. The van der Waals surface area contributed by atoms with E-state index in [0.717, 1.165) is 63.9 Å². The first kappa shape index (κ1) is 33.4. The van der Waals surface area contributed by atoms with Crippen LogP contribution < -0.4 is 15.4 Å². The minimum absolute atomic E-state index is 0.00542. The highest BCUT2D eigenvalue weighted by Crippen LogP contribution is 2.40. The Balaban J connectivity index is 1.15. The molecule has 2 aromatic carbocycles. The first-order valence-electron chi connectivity index (χ1n) is 16.0. The SMILES string of the molecule is CS(=O)(=O)c1ccc(NCC#Cc2cc3c(NC4CCC(N5CCC6(CC5)COC6)CC4)cccc3n2CC(F)(F)F)c(OCF)c1. The molecule has 3 aliphatic rings. The maximum absolute atomic E-state index is 13.7. The Morgan fingerprint density at radius 1 is 1.04 bits per heavy atom. The number of anilines is 2. The fourth-order valence-corrected chi connectivity index (χ4v) is 7.68. The molecule has 3 heterocycles. The van der Waals surface area contributed by atoms with Crippen molar-refractivity contribution in [3.8, 4) is 17.6 Å². The molecule has 0 amide bonds. The second kappa shape index (κ2) is 13.6. The number of ether oxygens (including phenoxy) is 2. The number of benzene rings is 2. The van der Waals surface area contributed by atoms with Crippen molar-refractivity contribution in [2.24, 2.45) is 5.41 Å². The molecule has 0 radical (unpaired) electrons. The van der Waals surface area contributed by atoms with Gasteiger partial charge in [-0.15, -0.1) is 0 Å². The molecule has 1 saturated carbocycles. The molecule has 254 valence electrons. The van der Waals surface area contributed by atoms with Crippen LogP contribution in [0.25, 0.3) is 10.9 Å². The van der Waals surface area contributed by atoms with Gasteiger partial charge in [0.1, 0.15) is 12.3 Å². The van der Waals surface area contributed by atoms with Crippen molar-refractivity contribution in [3.05, 3.63) is 48.2 Å². The lowest BCUT2D eigenvalue weighted by Crippen LogP contribution is -2.53. The zero-order valence-corrected chi connectivity index (χ0v) is 27.2. The van der Waals surface area contributed by atoms with Crippen molar-refractivity contribution in [1.29, 1.82) is 0 Å². The number of nitrogens with zero attached hydrogens (tertiary/aromatic N) is 2. The van der Waals surface area contributed by atoms with Crippen LogP contribution in [0.15, 0.2) is 47.4 Å². The van der Waals surface area contributed by atoms with Gasteiger partial charge in [-0.05, 0) is 87.9 Å². The summed E-state index contributed by atoms with van der Waals surface area (Å²) in [7, 11) is -3.54. The Morgan fingerprint density at radius 2 is 1.79 bits per heavy atom. The Kier molecular flexibility index (Phi) is 9.65. The molecule has 3 fully saturated rings. The van der Waals surface area contributed by atoms with Crippen LogP contribution in [-0.4, -0.2) is 82.1 Å². The van der Waals surface area contributed by atoms with Gasteiger partial charge in [-0.25, -0.2) is 12.8 Å². The van der Waals surface area contributed by atoms with Gasteiger partial charge in [0.15, 0.2) is 9.84 Å². The van der Waals surface area contributed by atoms with Crippen LogP contribution in [-0.2, 0) is 21.1 Å². The van der Waals surface area contributed by atoms with E-state index in [-0.39, 0.29) is 28.9 Å². The number of sulfone groups is 1. The molecule has 1 aliphatic carbocycles. The third-order valence-corrected chi connectivity index (χ3v) is 10.8. The molecule has 1 aromatic heterocycles. The summed E-state index contributed by atoms with van der Waals surface area (Å²) in [6.45, 7) is 1.69. The highest BCUT2D eigenvalue weighted by molar-refractivity contribution is 7.90. The average molecular weight is 677 g/mol. The molecule has 2 saturated heterocycles. The van der Waals surface area contributed by atoms with E-state index in [1.54, 1.807) is 18.2 Å². The molecule has 2 N–H and O–H groups in total. The largest absolute Gasteiger partial charge is 0.461 e. The van der Waals surface area contributed by atoms with Gasteiger partial charge in [0.05, 0.1) is 41.6 Å². The van der Waals surface area contributed by atoms with Crippen molar-refractivity contribution >= 4 is 32.1 Å². The number of hydrogen-bond donors (Lipinski definition) is 2. The second-order valence-corrected chi connectivity index (χ2v) is 15.0. The molecule has 0 bridgehead atoms. The predicted molar refractivity (Wildman–Crippen MR) is 173 cm³/mol. The molecular formula is C34H40F4N4O4S. The van der Waals surface area contributed by atoms with Gasteiger partial charge in [-0.1, -0.05) is 12.0 Å². The van der Waals surface area contributed by atoms with Crippen molar-refractivity contribution in [2.75, 3.05) is 56.6 Å². The fraction of sp³-hybridized carbons (Fsp3) is 0.529. The number of halogens is 4. The molecular weight excluding hydrogens is 636 g/mol. The number of piperidine rings is 1. The minimum Gasteiger partial charge on any atom is -0.461 e. The molecule has 0 unspecified atom stereocenters. The molecule has 3 aromatic rings. The van der Waals surface area contributed by atoms with Crippen molar-refractivity contribution < 1.29 is 35.5 Å². The van der Waals surface area contributed by atoms with Gasteiger partial charge < -0.3 is 29.6 Å². The summed E-state index contributed by atoms with van der Waals surface area (Å²) in [5.41, 5.74) is 2.16. The van der Waals surface area contributed by atoms with Gasteiger partial charge in [-0.2, -0.15) is 13.2 Å². The number of aromatic nitrogens is 1. The normalized spacial score (nSPS) is 21.6. The summed E-state index contributed by atoms with van der Waals surface area (Å²) in [6, 6.07) is 11.8. The zero-order chi connectivity index (χ0) is 33.2. The Hall–Kier alpha value is -3.47. The molecule has 6 rings (SSSR count). The van der Waals surface area contributed by atoms with E-state index in [1.165, 1.54) is 35.6 Å². The first-order chi connectivity index (χ1) is 22.4. The van der Waals surface area contributed by atoms with E-state index in [9.17, 15) is 26.0 Å². The van der Waals surface area contributed by atoms with Gasteiger partial charge in [-0.3, -0.25) is 0 Å². The molecule has 1 spiro atoms. The van der Waals surface area contributed by atoms with Crippen LogP contribution in [0.3, 0.4) is 0 Å². The summed E-state index contributed by atoms with van der Waals surface area (Å²) in [6.07, 6.45) is 3.15. The highest BCUT2D eigenvalue weighted by atomic mass is 32.2. The summed E-state index contributed by atoms with van der Waals surface area (Å²) in [5, 5.41) is 7.24. The molecule has 0 atom stereocenters. The van der Waals surface area contributed by atoms with Crippen molar-refractivity contribution in [3.63, 3.8) is 0 Å². The summed E-state index contributed by atoms with van der Waals surface area (Å²) < 4.78 is 89.4. The van der Waals surface area contributed by atoms with Crippen LogP contribution in [0.2, 0.25) is 0 Å². The zero-order valence-electron chi connectivity index (χ0n) is 26.3. The highest BCUT2D eigenvalue weighted by Gasteiger charge is 2.42. The lowest BCUT2D eigenvalue weighted by atomic mass is 9.76. The van der Waals surface area contributed by atoms with Gasteiger partial charge >= 0.3 is 6.18 Å². The minimum atomic E-state index is -4.46. The summed E-state index contributed by atoms with van der Waals surface area (Å²) in [4.78, 5) is 2.60. The van der Waals surface area contributed by atoms with E-state index in [1.807, 2.05) is 6.07 Å². The van der Waals surface area contributed by atoms with Gasteiger partial charge in [0, 0.05) is 40.9 Å². The van der Waals surface area contributed by atoms with Crippen LogP contribution in [0.4, 0.5) is 28.9 Å². The smallest absolute Gasteiger partial charge is 0.406 e.